The van der Waals surface area contributed by atoms with E-state index < -0.39 is 0 Å². The van der Waals surface area contributed by atoms with Crippen molar-refractivity contribution in [2.45, 2.75) is 32.6 Å². The van der Waals surface area contributed by atoms with Crippen LogP contribution < -0.4 is 0 Å². The van der Waals surface area contributed by atoms with E-state index in [0.717, 1.165) is 18.5 Å². The molecule has 0 spiro atoms. The molecule has 1 atom stereocenters. The summed E-state index contributed by atoms with van der Waals surface area (Å²) in [6.07, 6.45) is 2.06. The molecule has 0 bridgehead atoms. The molecule has 0 aliphatic rings. The minimum atomic E-state index is 0.412. The molecule has 1 heteroatoms. The average Bonchev–Trinajstić information content (AvgIpc) is 3.65. The van der Waals surface area contributed by atoms with E-state index >= 15 is 0 Å². The van der Waals surface area contributed by atoms with Crippen LogP contribution in [0.5, 0.6) is 0 Å². The number of aromatic nitrogens is 1. The summed E-state index contributed by atoms with van der Waals surface area (Å²) in [5, 5.41) is 2.50. The van der Waals surface area contributed by atoms with E-state index in [0.29, 0.717) is 5.92 Å². The highest BCUT2D eigenvalue weighted by Gasteiger charge is 2.18. The molecule has 9 aromatic carbocycles. The molecular formula is C59H47N. The van der Waals surface area contributed by atoms with Crippen molar-refractivity contribution in [1.29, 1.82) is 0 Å². The van der Waals surface area contributed by atoms with Crippen LogP contribution in [0.15, 0.2) is 218 Å². The van der Waals surface area contributed by atoms with Crippen LogP contribution in [-0.4, -0.2) is 4.57 Å². The van der Waals surface area contributed by atoms with Gasteiger partial charge in [-0.15, -0.1) is 0 Å². The van der Waals surface area contributed by atoms with Gasteiger partial charge in [0.2, 0.25) is 0 Å². The Morgan fingerprint density at radius 3 is 1.63 bits per heavy atom. The van der Waals surface area contributed by atoms with E-state index in [2.05, 4.69) is 237 Å². The second-order valence-corrected chi connectivity index (χ2v) is 16.1. The SMILES string of the molecule is CCC(Cc1ccccc1-c1cc(-c2ccc3c(c2)c2ccccc2n3-c2cc(-c3ccccc3)cc(-c3ccccc3)c2)ccc1C)c1cccc(-c2ccccc2)c1. The first-order valence-electron chi connectivity index (χ1n) is 21.3. The maximum Gasteiger partial charge on any atom is 0.0541 e. The number of hydrogen-bond donors (Lipinski definition) is 0. The quantitative estimate of drug-likeness (QED) is 0.131. The number of aryl methyl sites for hydroxylation is 1. The normalized spacial score (nSPS) is 11.9. The van der Waals surface area contributed by atoms with Gasteiger partial charge in [0.05, 0.1) is 11.0 Å². The molecule has 1 unspecified atom stereocenters. The Kier molecular flexibility index (Phi) is 10.0. The highest BCUT2D eigenvalue weighted by atomic mass is 15.0. The molecule has 1 aromatic heterocycles. The van der Waals surface area contributed by atoms with Crippen LogP contribution in [0.1, 0.15) is 36.0 Å². The first-order valence-corrected chi connectivity index (χ1v) is 21.3. The Bertz CT molecular complexity index is 3040. The lowest BCUT2D eigenvalue weighted by Crippen LogP contribution is -2.04. The lowest BCUT2D eigenvalue weighted by Gasteiger charge is -2.20. The second-order valence-electron chi connectivity index (χ2n) is 16.1. The van der Waals surface area contributed by atoms with Crippen molar-refractivity contribution >= 4 is 21.8 Å². The fraction of sp³-hybridized carbons (Fsp3) is 0.0847. The second kappa shape index (κ2) is 16.2. The van der Waals surface area contributed by atoms with E-state index in [-0.39, 0.29) is 0 Å². The maximum atomic E-state index is 2.45. The zero-order valence-corrected chi connectivity index (χ0v) is 34.2. The van der Waals surface area contributed by atoms with E-state index in [9.17, 15) is 0 Å². The number of benzene rings is 9. The maximum absolute atomic E-state index is 2.45. The third kappa shape index (κ3) is 7.14. The smallest absolute Gasteiger partial charge is 0.0541 e. The first-order chi connectivity index (χ1) is 29.6. The van der Waals surface area contributed by atoms with E-state index in [1.165, 1.54) is 94.1 Å². The van der Waals surface area contributed by atoms with Gasteiger partial charge in [-0.05, 0) is 140 Å². The van der Waals surface area contributed by atoms with Crippen LogP contribution in [0.2, 0.25) is 0 Å². The summed E-state index contributed by atoms with van der Waals surface area (Å²) < 4.78 is 2.45. The molecular weight excluding hydrogens is 723 g/mol. The molecule has 1 nitrogen and oxygen atoms in total. The molecule has 0 saturated carbocycles. The van der Waals surface area contributed by atoms with Crippen molar-refractivity contribution in [3.63, 3.8) is 0 Å². The van der Waals surface area contributed by atoms with E-state index in [4.69, 9.17) is 0 Å². The van der Waals surface area contributed by atoms with Crippen LogP contribution in [0, 0.1) is 6.92 Å². The van der Waals surface area contributed by atoms with Crippen molar-refractivity contribution in [2.24, 2.45) is 0 Å². The fourth-order valence-electron chi connectivity index (χ4n) is 9.18. The molecule has 1 heterocycles. The standard InChI is InChI=1S/C59H47N/c1-3-42(46-25-17-26-47(35-46)43-18-7-4-8-19-43)34-50-24-13-14-27-54(50)56-39-48(31-30-41(56)2)49-32-33-59-57(40-49)55-28-15-16-29-58(55)60(59)53-37-51(44-20-9-5-10-21-44)36-52(38-53)45-22-11-6-12-23-45/h4-33,35-40,42H,3,34H2,1-2H3. The van der Waals surface area contributed by atoms with E-state index in [1.807, 2.05) is 0 Å². The molecule has 0 aliphatic heterocycles. The summed E-state index contributed by atoms with van der Waals surface area (Å²) in [7, 11) is 0. The molecule has 0 N–H and O–H groups in total. The zero-order valence-electron chi connectivity index (χ0n) is 34.2. The van der Waals surface area contributed by atoms with Gasteiger partial charge >= 0.3 is 0 Å². The summed E-state index contributed by atoms with van der Waals surface area (Å²) >= 11 is 0. The Morgan fingerprint density at radius 2 is 0.933 bits per heavy atom. The number of hydrogen-bond acceptors (Lipinski definition) is 0. The fourth-order valence-corrected chi connectivity index (χ4v) is 9.18. The molecule has 0 fully saturated rings. The van der Waals surface area contributed by atoms with Crippen molar-refractivity contribution < 1.29 is 0 Å². The van der Waals surface area contributed by atoms with Crippen LogP contribution in [0.3, 0.4) is 0 Å². The van der Waals surface area contributed by atoms with Crippen molar-refractivity contribution in [1.82, 2.24) is 4.57 Å². The number of nitrogens with zero attached hydrogens (tertiary/aromatic N) is 1. The van der Waals surface area contributed by atoms with Crippen LogP contribution in [-0.2, 0) is 6.42 Å². The molecule has 10 aromatic rings. The lowest BCUT2D eigenvalue weighted by molar-refractivity contribution is 0.661. The molecule has 288 valence electrons. The minimum Gasteiger partial charge on any atom is -0.309 e. The van der Waals surface area contributed by atoms with Crippen molar-refractivity contribution in [3.05, 3.63) is 235 Å². The van der Waals surface area contributed by atoms with Crippen LogP contribution in [0.25, 0.3) is 83.1 Å². The van der Waals surface area contributed by atoms with Gasteiger partial charge in [-0.3, -0.25) is 0 Å². The number of rotatable bonds is 10. The Labute approximate surface area is 353 Å². The Morgan fingerprint density at radius 1 is 0.383 bits per heavy atom. The molecule has 0 amide bonds. The summed E-state index contributed by atoms with van der Waals surface area (Å²) in [6, 6.07) is 80.3. The molecule has 0 saturated heterocycles. The van der Waals surface area contributed by atoms with Crippen LogP contribution in [0.4, 0.5) is 0 Å². The molecule has 10 rings (SSSR count). The van der Waals surface area contributed by atoms with Gasteiger partial charge in [0.1, 0.15) is 0 Å². The average molecular weight is 770 g/mol. The van der Waals surface area contributed by atoms with Gasteiger partial charge < -0.3 is 4.57 Å². The summed E-state index contributed by atoms with van der Waals surface area (Å²) in [5.41, 5.74) is 20.0. The molecule has 0 aliphatic carbocycles. The van der Waals surface area contributed by atoms with Crippen molar-refractivity contribution in [3.8, 4) is 61.3 Å². The predicted octanol–water partition coefficient (Wildman–Crippen LogP) is 16.2. The lowest BCUT2D eigenvalue weighted by atomic mass is 9.84. The summed E-state index contributed by atoms with van der Waals surface area (Å²) in [5.74, 6) is 0.412. The molecule has 0 radical (unpaired) electrons. The van der Waals surface area contributed by atoms with Gasteiger partial charge in [-0.1, -0.05) is 183 Å². The van der Waals surface area contributed by atoms with Crippen LogP contribution >= 0.6 is 0 Å². The van der Waals surface area contributed by atoms with Gasteiger partial charge in [0, 0.05) is 16.5 Å². The molecule has 60 heavy (non-hydrogen) atoms. The minimum absolute atomic E-state index is 0.412. The summed E-state index contributed by atoms with van der Waals surface area (Å²) in [6.45, 7) is 4.57. The number of para-hydroxylation sites is 1. The predicted molar refractivity (Wildman–Crippen MR) is 256 cm³/mol. The Hall–Kier alpha value is -7.22. The Balaban J connectivity index is 1.04. The van der Waals surface area contributed by atoms with Gasteiger partial charge in [0.25, 0.3) is 0 Å². The monoisotopic (exact) mass is 769 g/mol. The zero-order chi connectivity index (χ0) is 40.4. The van der Waals surface area contributed by atoms with E-state index in [1.54, 1.807) is 0 Å². The third-order valence-electron chi connectivity index (χ3n) is 12.4. The highest BCUT2D eigenvalue weighted by Crippen LogP contribution is 2.40. The number of fused-ring (bicyclic) bond motifs is 3. The van der Waals surface area contributed by atoms with Gasteiger partial charge in [0.15, 0.2) is 0 Å². The van der Waals surface area contributed by atoms with Gasteiger partial charge in [-0.2, -0.15) is 0 Å². The highest BCUT2D eigenvalue weighted by molar-refractivity contribution is 6.10. The third-order valence-corrected chi connectivity index (χ3v) is 12.4. The first kappa shape index (κ1) is 37.1. The summed E-state index contributed by atoms with van der Waals surface area (Å²) in [4.78, 5) is 0. The van der Waals surface area contributed by atoms with Gasteiger partial charge in [-0.25, -0.2) is 0 Å². The van der Waals surface area contributed by atoms with Crippen molar-refractivity contribution in [2.75, 3.05) is 0 Å². The largest absolute Gasteiger partial charge is 0.309 e. The topological polar surface area (TPSA) is 4.93 Å².